The summed E-state index contributed by atoms with van der Waals surface area (Å²) in [7, 11) is -1.52. The van der Waals surface area contributed by atoms with Crippen LogP contribution in [-0.4, -0.2) is 52.1 Å². The maximum absolute atomic E-state index is 11.9. The Morgan fingerprint density at radius 2 is 1.86 bits per heavy atom. The van der Waals surface area contributed by atoms with Crippen LogP contribution in [0.3, 0.4) is 0 Å². The van der Waals surface area contributed by atoms with E-state index in [1.54, 1.807) is 12.0 Å². The van der Waals surface area contributed by atoms with Gasteiger partial charge in [0.25, 0.3) is 0 Å². The minimum atomic E-state index is -1.52. The van der Waals surface area contributed by atoms with Gasteiger partial charge in [-0.2, -0.15) is 0 Å². The SMILES string of the molecule is C=CCOC(=O)NC[C@@H](C(O[SiH](C)C)N(C=C=O)OCC=C)[C@@H](C)C(C)(C)C. The second kappa shape index (κ2) is 13.3. The Morgan fingerprint density at radius 3 is 2.32 bits per heavy atom. The van der Waals surface area contributed by atoms with E-state index in [9.17, 15) is 9.59 Å². The molecule has 0 saturated carbocycles. The van der Waals surface area contributed by atoms with Gasteiger partial charge in [-0.25, -0.2) is 14.7 Å². The number of amides is 1. The summed E-state index contributed by atoms with van der Waals surface area (Å²) in [6, 6.07) is 0. The highest BCUT2D eigenvalue weighted by atomic mass is 28.3. The number of nitrogens with zero attached hydrogens (tertiary/aromatic N) is 1. The average Bonchev–Trinajstić information content (AvgIpc) is 2.61. The average molecular weight is 413 g/mol. The van der Waals surface area contributed by atoms with E-state index in [-0.39, 0.29) is 30.5 Å². The van der Waals surface area contributed by atoms with Crippen molar-refractivity contribution in [2.24, 2.45) is 17.3 Å². The van der Waals surface area contributed by atoms with Crippen molar-refractivity contribution in [3.8, 4) is 0 Å². The van der Waals surface area contributed by atoms with Gasteiger partial charge in [-0.1, -0.05) is 46.4 Å². The van der Waals surface area contributed by atoms with Gasteiger partial charge in [0.15, 0.2) is 9.04 Å². The van der Waals surface area contributed by atoms with Gasteiger partial charge in [-0.15, -0.1) is 6.58 Å². The van der Waals surface area contributed by atoms with Gasteiger partial charge >= 0.3 is 6.09 Å². The summed E-state index contributed by atoms with van der Waals surface area (Å²) < 4.78 is 11.3. The Hall–Kier alpha value is -1.86. The second-order valence-corrected chi connectivity index (χ2v) is 10.2. The van der Waals surface area contributed by atoms with Gasteiger partial charge in [0.2, 0.25) is 0 Å². The third kappa shape index (κ3) is 9.89. The summed E-state index contributed by atoms with van der Waals surface area (Å²) in [5.41, 5.74) is -0.0769. The van der Waals surface area contributed by atoms with E-state index in [0.29, 0.717) is 6.54 Å². The molecule has 0 radical (unpaired) electrons. The Kier molecular flexibility index (Phi) is 12.4. The lowest BCUT2D eigenvalue weighted by Gasteiger charge is -2.42. The molecule has 3 atom stereocenters. The Morgan fingerprint density at radius 1 is 1.25 bits per heavy atom. The summed E-state index contributed by atoms with van der Waals surface area (Å²) in [4.78, 5) is 28.7. The van der Waals surface area contributed by atoms with Crippen LogP contribution in [0.4, 0.5) is 4.79 Å². The molecule has 0 heterocycles. The summed E-state index contributed by atoms with van der Waals surface area (Å²) >= 11 is 0. The zero-order chi connectivity index (χ0) is 21.7. The normalized spacial score (nSPS) is 14.4. The highest BCUT2D eigenvalue weighted by Crippen LogP contribution is 2.35. The lowest BCUT2D eigenvalue weighted by Crippen LogP contribution is -2.50. The second-order valence-electron chi connectivity index (χ2n) is 7.85. The smallest absolute Gasteiger partial charge is 0.407 e. The van der Waals surface area contributed by atoms with Crippen molar-refractivity contribution in [1.82, 2.24) is 10.4 Å². The first-order valence-electron chi connectivity index (χ1n) is 9.48. The molecule has 0 rings (SSSR count). The summed E-state index contributed by atoms with van der Waals surface area (Å²) in [6.45, 7) is 20.3. The quantitative estimate of drug-likeness (QED) is 0.164. The number of rotatable bonds is 13. The molecule has 0 aromatic carbocycles. The number of ether oxygens (including phenoxy) is 1. The molecule has 0 aliphatic rings. The Bertz CT molecular complexity index is 541. The molecule has 8 heteroatoms. The van der Waals surface area contributed by atoms with Crippen LogP contribution in [0, 0.1) is 17.3 Å². The lowest BCUT2D eigenvalue weighted by molar-refractivity contribution is -0.213. The van der Waals surface area contributed by atoms with Gasteiger partial charge in [-0.05, 0) is 24.4 Å². The fourth-order valence-corrected chi connectivity index (χ4v) is 3.44. The topological polar surface area (TPSA) is 77.1 Å². The van der Waals surface area contributed by atoms with Gasteiger partial charge < -0.3 is 14.5 Å². The van der Waals surface area contributed by atoms with Crippen LogP contribution in [0.15, 0.2) is 31.5 Å². The van der Waals surface area contributed by atoms with Crippen molar-refractivity contribution in [3.05, 3.63) is 31.5 Å². The summed E-state index contributed by atoms with van der Waals surface area (Å²) in [5.74, 6) is 1.69. The Labute approximate surface area is 171 Å². The number of nitrogens with one attached hydrogen (secondary N) is 1. The maximum Gasteiger partial charge on any atom is 0.407 e. The molecule has 0 aliphatic heterocycles. The maximum atomic E-state index is 11.9. The molecule has 0 fully saturated rings. The molecule has 1 unspecified atom stereocenters. The van der Waals surface area contributed by atoms with Gasteiger partial charge in [0.1, 0.15) is 25.0 Å². The summed E-state index contributed by atoms with van der Waals surface area (Å²) in [6.07, 6.45) is 3.18. The fraction of sp³-hybridized carbons (Fsp3) is 0.650. The molecular weight excluding hydrogens is 376 g/mol. The highest BCUT2D eigenvalue weighted by molar-refractivity contribution is 6.48. The molecule has 0 saturated heterocycles. The van der Waals surface area contributed by atoms with Crippen LogP contribution in [0.5, 0.6) is 0 Å². The molecule has 160 valence electrons. The number of hydroxylamine groups is 2. The molecule has 1 amide bonds. The van der Waals surface area contributed by atoms with Crippen molar-refractivity contribution < 1.29 is 23.6 Å². The van der Waals surface area contributed by atoms with Crippen LogP contribution < -0.4 is 5.32 Å². The molecule has 0 aromatic heterocycles. The van der Waals surface area contributed by atoms with E-state index < -0.39 is 21.4 Å². The number of carbonyl (C=O) groups excluding carboxylic acids is 2. The van der Waals surface area contributed by atoms with Gasteiger partial charge in [0, 0.05) is 12.5 Å². The molecular formula is C20H36N2O5Si. The van der Waals surface area contributed by atoms with E-state index in [1.165, 1.54) is 17.3 Å². The number of carbonyl (C=O) groups is 1. The largest absolute Gasteiger partial charge is 0.445 e. The van der Waals surface area contributed by atoms with Crippen LogP contribution >= 0.6 is 0 Å². The molecule has 7 nitrogen and oxygen atoms in total. The molecule has 28 heavy (non-hydrogen) atoms. The highest BCUT2D eigenvalue weighted by Gasteiger charge is 2.38. The van der Waals surface area contributed by atoms with Crippen LogP contribution in [0.1, 0.15) is 27.7 Å². The van der Waals surface area contributed by atoms with E-state index >= 15 is 0 Å². The van der Waals surface area contributed by atoms with Crippen molar-refractivity contribution in [1.29, 1.82) is 0 Å². The van der Waals surface area contributed by atoms with Crippen LogP contribution in [0.25, 0.3) is 0 Å². The molecule has 0 bridgehead atoms. The molecule has 0 aromatic rings. The standard InChI is InChI=1S/C20H36N2O5Si/c1-9-13-25-19(24)21-15-17(16(3)20(4,5)6)18(27-28(7)8)22(11-12-23)26-14-10-2/h9-11,16-18,28H,1-2,13-15H2,3-8H3,(H,21,24)/t16-,17-,18?/m1/s1. The Balaban J connectivity index is 5.77. The first-order valence-corrected chi connectivity index (χ1v) is 12.3. The van der Waals surface area contributed by atoms with E-state index in [1.807, 2.05) is 13.1 Å². The van der Waals surface area contributed by atoms with Crippen molar-refractivity contribution in [3.63, 3.8) is 0 Å². The van der Waals surface area contributed by atoms with Gasteiger partial charge in [-0.3, -0.25) is 4.84 Å². The third-order valence-electron chi connectivity index (χ3n) is 4.37. The number of hydrogen-bond donors (Lipinski definition) is 1. The zero-order valence-electron chi connectivity index (χ0n) is 18.1. The summed E-state index contributed by atoms with van der Waals surface area (Å²) in [5, 5.41) is 4.17. The molecule has 0 spiro atoms. The number of hydrogen-bond acceptors (Lipinski definition) is 6. The van der Waals surface area contributed by atoms with E-state index in [2.05, 4.69) is 46.2 Å². The van der Waals surface area contributed by atoms with E-state index in [0.717, 1.165) is 0 Å². The predicted octanol–water partition coefficient (Wildman–Crippen LogP) is 3.29. The molecule has 0 aliphatic carbocycles. The minimum Gasteiger partial charge on any atom is -0.445 e. The monoisotopic (exact) mass is 412 g/mol. The van der Waals surface area contributed by atoms with Crippen LogP contribution in [0.2, 0.25) is 13.1 Å². The molecule has 1 N–H and O–H groups in total. The lowest BCUT2D eigenvalue weighted by atomic mass is 9.73. The first-order chi connectivity index (χ1) is 13.1. The minimum absolute atomic E-state index is 0.0769. The van der Waals surface area contributed by atoms with Crippen molar-refractivity contribution >= 4 is 21.1 Å². The van der Waals surface area contributed by atoms with Crippen molar-refractivity contribution in [2.75, 3.05) is 19.8 Å². The predicted molar refractivity (Wildman–Crippen MR) is 114 cm³/mol. The zero-order valence-corrected chi connectivity index (χ0v) is 19.2. The van der Waals surface area contributed by atoms with Gasteiger partial charge in [0.05, 0.1) is 6.61 Å². The first kappa shape index (κ1) is 26.1. The van der Waals surface area contributed by atoms with Crippen molar-refractivity contribution in [2.45, 2.75) is 47.0 Å². The van der Waals surface area contributed by atoms with Crippen LogP contribution in [-0.2, 0) is 18.8 Å². The number of alkyl carbamates (subject to hydrolysis) is 1. The third-order valence-corrected chi connectivity index (χ3v) is 5.20. The van der Waals surface area contributed by atoms with E-state index in [4.69, 9.17) is 14.0 Å². The fourth-order valence-electron chi connectivity index (χ4n) is 2.56.